The maximum Gasteiger partial charge on any atom is 0.0231 e. The van der Waals surface area contributed by atoms with E-state index in [4.69, 9.17) is 0 Å². The molecule has 1 saturated carbocycles. The number of hydrogen-bond acceptors (Lipinski definition) is 2. The number of halogens is 1. The van der Waals surface area contributed by atoms with Crippen LogP contribution in [-0.4, -0.2) is 31.1 Å². The molecule has 3 heteroatoms. The quantitative estimate of drug-likeness (QED) is 0.836. The van der Waals surface area contributed by atoms with Crippen molar-refractivity contribution in [2.24, 2.45) is 0 Å². The van der Waals surface area contributed by atoms with E-state index in [2.05, 4.69) is 64.5 Å². The molecule has 0 amide bonds. The fourth-order valence-electron chi connectivity index (χ4n) is 3.28. The lowest BCUT2D eigenvalue weighted by atomic mass is 9.79. The van der Waals surface area contributed by atoms with E-state index in [-0.39, 0.29) is 0 Å². The molecule has 0 radical (unpaired) electrons. The fourth-order valence-corrected chi connectivity index (χ4v) is 3.73. The second-order valence-electron chi connectivity index (χ2n) is 6.21. The molecule has 1 aliphatic carbocycles. The van der Waals surface area contributed by atoms with Gasteiger partial charge in [0.1, 0.15) is 0 Å². The molecule has 0 saturated heterocycles. The maximum absolute atomic E-state index is 3.61. The summed E-state index contributed by atoms with van der Waals surface area (Å²) in [6.45, 7) is 2.19. The van der Waals surface area contributed by atoms with Gasteiger partial charge in [-0.3, -0.25) is 0 Å². The minimum absolute atomic E-state index is 0.393. The summed E-state index contributed by atoms with van der Waals surface area (Å²) in [7, 11) is 4.37. The molecule has 112 valence electrons. The van der Waals surface area contributed by atoms with Crippen molar-refractivity contribution < 1.29 is 0 Å². The molecule has 0 bridgehead atoms. The van der Waals surface area contributed by atoms with Crippen LogP contribution >= 0.6 is 15.9 Å². The Morgan fingerprint density at radius 2 is 2.00 bits per heavy atom. The lowest BCUT2D eigenvalue weighted by Crippen LogP contribution is -2.46. The summed E-state index contributed by atoms with van der Waals surface area (Å²) in [5.74, 6) is 0. The molecule has 1 aromatic carbocycles. The Balaban J connectivity index is 1.83. The van der Waals surface area contributed by atoms with Crippen LogP contribution in [0.25, 0.3) is 0 Å². The number of benzene rings is 1. The Hall–Kier alpha value is -0.380. The molecule has 20 heavy (non-hydrogen) atoms. The highest BCUT2D eigenvalue weighted by Crippen LogP contribution is 2.30. The zero-order chi connectivity index (χ0) is 14.4. The van der Waals surface area contributed by atoms with Crippen molar-refractivity contribution in [2.45, 2.75) is 50.6 Å². The van der Waals surface area contributed by atoms with Crippen LogP contribution in [0.5, 0.6) is 0 Å². The third kappa shape index (κ3) is 4.57. The first-order valence-electron chi connectivity index (χ1n) is 7.75. The van der Waals surface area contributed by atoms with Crippen molar-refractivity contribution in [3.05, 3.63) is 34.3 Å². The number of nitrogens with one attached hydrogen (secondary N) is 1. The Morgan fingerprint density at radius 1 is 1.25 bits per heavy atom. The van der Waals surface area contributed by atoms with Crippen molar-refractivity contribution in [1.82, 2.24) is 10.2 Å². The monoisotopic (exact) mass is 338 g/mol. The van der Waals surface area contributed by atoms with Crippen molar-refractivity contribution in [1.29, 1.82) is 0 Å². The van der Waals surface area contributed by atoms with E-state index in [0.29, 0.717) is 5.54 Å². The SMILES string of the molecule is CNC1(CCN(C)Cc2cccc(Br)c2)CCCCC1. The zero-order valence-corrected chi connectivity index (χ0v) is 14.4. The molecule has 1 N–H and O–H groups in total. The van der Waals surface area contributed by atoms with Crippen molar-refractivity contribution in [3.8, 4) is 0 Å². The van der Waals surface area contributed by atoms with Gasteiger partial charge in [-0.2, -0.15) is 0 Å². The molecule has 0 aliphatic heterocycles. The highest BCUT2D eigenvalue weighted by molar-refractivity contribution is 9.10. The summed E-state index contributed by atoms with van der Waals surface area (Å²) < 4.78 is 1.17. The highest BCUT2D eigenvalue weighted by Gasteiger charge is 2.29. The fraction of sp³-hybridized carbons (Fsp3) is 0.647. The lowest BCUT2D eigenvalue weighted by Gasteiger charge is -2.38. The molecule has 0 spiro atoms. The Bertz CT molecular complexity index is 413. The largest absolute Gasteiger partial charge is 0.314 e. The van der Waals surface area contributed by atoms with Gasteiger partial charge in [-0.25, -0.2) is 0 Å². The number of rotatable bonds is 6. The molecule has 1 aliphatic rings. The third-order valence-electron chi connectivity index (χ3n) is 4.65. The molecule has 0 unspecified atom stereocenters. The van der Waals surface area contributed by atoms with Crippen LogP contribution in [0.2, 0.25) is 0 Å². The predicted molar refractivity (Wildman–Crippen MR) is 90.0 cm³/mol. The van der Waals surface area contributed by atoms with Gasteiger partial charge in [0.15, 0.2) is 0 Å². The van der Waals surface area contributed by atoms with Crippen LogP contribution in [0.15, 0.2) is 28.7 Å². The molecule has 0 heterocycles. The van der Waals surface area contributed by atoms with Crippen LogP contribution in [0.3, 0.4) is 0 Å². The highest BCUT2D eigenvalue weighted by atomic mass is 79.9. The van der Waals surface area contributed by atoms with Gasteiger partial charge < -0.3 is 10.2 Å². The molecule has 2 nitrogen and oxygen atoms in total. The molecule has 1 aromatic rings. The molecule has 0 atom stereocenters. The average molecular weight is 339 g/mol. The summed E-state index contributed by atoms with van der Waals surface area (Å²) in [6.07, 6.45) is 8.13. The minimum atomic E-state index is 0.393. The van der Waals surface area contributed by atoms with Gasteiger partial charge in [0.25, 0.3) is 0 Å². The van der Waals surface area contributed by atoms with Gasteiger partial charge in [-0.05, 0) is 57.6 Å². The summed E-state index contributed by atoms with van der Waals surface area (Å²) in [5, 5.41) is 3.61. The Labute approximate surface area is 132 Å². The van der Waals surface area contributed by atoms with E-state index in [9.17, 15) is 0 Å². The average Bonchev–Trinajstić information content (AvgIpc) is 2.46. The van der Waals surface area contributed by atoms with E-state index in [0.717, 1.165) is 13.1 Å². The van der Waals surface area contributed by atoms with E-state index < -0.39 is 0 Å². The second kappa shape index (κ2) is 7.58. The van der Waals surface area contributed by atoms with Gasteiger partial charge in [0, 0.05) is 16.6 Å². The van der Waals surface area contributed by atoms with Crippen LogP contribution in [0, 0.1) is 0 Å². The predicted octanol–water partition coefficient (Wildman–Crippen LogP) is 4.19. The van der Waals surface area contributed by atoms with Gasteiger partial charge >= 0.3 is 0 Å². The van der Waals surface area contributed by atoms with E-state index in [1.54, 1.807) is 0 Å². The second-order valence-corrected chi connectivity index (χ2v) is 7.12. The first-order chi connectivity index (χ1) is 9.63. The van der Waals surface area contributed by atoms with Crippen LogP contribution in [0.4, 0.5) is 0 Å². The molecule has 2 rings (SSSR count). The number of hydrogen-bond donors (Lipinski definition) is 1. The normalized spacial score (nSPS) is 18.4. The first kappa shape index (κ1) is 16.0. The van der Waals surface area contributed by atoms with Gasteiger partial charge in [-0.15, -0.1) is 0 Å². The third-order valence-corrected chi connectivity index (χ3v) is 5.15. The van der Waals surface area contributed by atoms with Gasteiger partial charge in [-0.1, -0.05) is 47.3 Å². The van der Waals surface area contributed by atoms with Crippen molar-refractivity contribution in [3.63, 3.8) is 0 Å². The Morgan fingerprint density at radius 3 is 2.65 bits per heavy atom. The van der Waals surface area contributed by atoms with Crippen LogP contribution < -0.4 is 5.32 Å². The van der Waals surface area contributed by atoms with Crippen molar-refractivity contribution >= 4 is 15.9 Å². The molecule has 1 fully saturated rings. The zero-order valence-electron chi connectivity index (χ0n) is 12.8. The lowest BCUT2D eigenvalue weighted by molar-refractivity contribution is 0.194. The van der Waals surface area contributed by atoms with E-state index in [1.807, 2.05) is 0 Å². The molecular formula is C17H27BrN2. The minimum Gasteiger partial charge on any atom is -0.314 e. The summed E-state index contributed by atoms with van der Waals surface area (Å²) in [4.78, 5) is 2.44. The van der Waals surface area contributed by atoms with E-state index >= 15 is 0 Å². The maximum atomic E-state index is 3.61. The summed E-state index contributed by atoms with van der Waals surface area (Å²) in [5.41, 5.74) is 1.77. The molecule has 0 aromatic heterocycles. The summed E-state index contributed by atoms with van der Waals surface area (Å²) in [6, 6.07) is 8.62. The number of nitrogens with zero attached hydrogens (tertiary/aromatic N) is 1. The van der Waals surface area contributed by atoms with Gasteiger partial charge in [0.05, 0.1) is 0 Å². The molecular weight excluding hydrogens is 312 g/mol. The topological polar surface area (TPSA) is 15.3 Å². The standard InChI is InChI=1S/C17H27BrN2/c1-19-17(9-4-3-5-10-17)11-12-20(2)14-15-7-6-8-16(18)13-15/h6-8,13,19H,3-5,9-12,14H2,1-2H3. The Kier molecular flexibility index (Phi) is 6.06. The van der Waals surface area contributed by atoms with Gasteiger partial charge in [0.2, 0.25) is 0 Å². The van der Waals surface area contributed by atoms with Crippen LogP contribution in [0.1, 0.15) is 44.1 Å². The summed E-state index contributed by atoms with van der Waals surface area (Å²) >= 11 is 3.54. The van der Waals surface area contributed by atoms with Crippen molar-refractivity contribution in [2.75, 3.05) is 20.6 Å². The van der Waals surface area contributed by atoms with Crippen LogP contribution in [-0.2, 0) is 6.54 Å². The smallest absolute Gasteiger partial charge is 0.0231 e. The first-order valence-corrected chi connectivity index (χ1v) is 8.55. The van der Waals surface area contributed by atoms with E-state index in [1.165, 1.54) is 48.6 Å².